The highest BCUT2D eigenvalue weighted by Gasteiger charge is 2.20. The normalized spacial score (nSPS) is 14.7. The van der Waals surface area contributed by atoms with Crippen LogP contribution in [0.5, 0.6) is 5.75 Å². The Labute approximate surface area is 136 Å². The van der Waals surface area contributed by atoms with Crippen LogP contribution in [0, 0.1) is 0 Å². The number of hydrogen-bond donors (Lipinski definition) is 0. The molecule has 3 heterocycles. The first kappa shape index (κ1) is 14.9. The van der Waals surface area contributed by atoms with Crippen LogP contribution in [0.25, 0.3) is 0 Å². The number of rotatable bonds is 3. The quantitative estimate of drug-likeness (QED) is 0.782. The van der Waals surface area contributed by atoms with E-state index >= 15 is 0 Å². The smallest absolute Gasteiger partial charge is 0.363 e. The van der Waals surface area contributed by atoms with Crippen molar-refractivity contribution in [3.8, 4) is 5.75 Å². The lowest BCUT2D eigenvalue weighted by Gasteiger charge is -2.26. The van der Waals surface area contributed by atoms with E-state index in [0.717, 1.165) is 25.9 Å². The second kappa shape index (κ2) is 6.83. The van der Waals surface area contributed by atoms with E-state index in [2.05, 4.69) is 35.8 Å². The van der Waals surface area contributed by atoms with Crippen LogP contribution in [0.2, 0.25) is 0 Å². The Morgan fingerprint density at radius 1 is 1.23 bits per heavy atom. The summed E-state index contributed by atoms with van der Waals surface area (Å²) in [5.74, 6) is 0.430. The van der Waals surface area contributed by atoms with Crippen molar-refractivity contribution in [3.05, 3.63) is 40.9 Å². The molecule has 0 radical (unpaired) electrons. The number of halogens is 1. The Kier molecular flexibility index (Phi) is 4.62. The molecule has 1 fully saturated rings. The maximum absolute atomic E-state index is 12.3. The molecule has 7 heteroatoms. The summed E-state index contributed by atoms with van der Waals surface area (Å²) in [6.07, 6.45) is 8.16. The molecule has 3 rings (SSSR count). The SMILES string of the molecule is O=C(Oc1cccnc1)c1nc(N2CCCCC2)ncc1Br. The minimum absolute atomic E-state index is 0.222. The predicted octanol–water partition coefficient (Wildman–Crippen LogP) is 2.84. The maximum atomic E-state index is 12.3. The Balaban J connectivity index is 1.81. The predicted molar refractivity (Wildman–Crippen MR) is 85.0 cm³/mol. The van der Waals surface area contributed by atoms with Gasteiger partial charge in [-0.05, 0) is 47.3 Å². The van der Waals surface area contributed by atoms with Crippen LogP contribution in [0.15, 0.2) is 35.2 Å². The standard InChI is InChI=1S/C15H15BrN4O2/c16-12-10-18-15(20-7-2-1-3-8-20)19-13(12)14(21)22-11-5-4-6-17-9-11/h4-6,9-10H,1-3,7-8H2. The van der Waals surface area contributed by atoms with Crippen LogP contribution in [-0.4, -0.2) is 34.0 Å². The summed E-state index contributed by atoms with van der Waals surface area (Å²) in [6, 6.07) is 3.38. The van der Waals surface area contributed by atoms with Gasteiger partial charge in [0.1, 0.15) is 5.75 Å². The molecule has 6 nitrogen and oxygen atoms in total. The van der Waals surface area contributed by atoms with Crippen molar-refractivity contribution >= 4 is 27.8 Å². The molecule has 0 saturated carbocycles. The van der Waals surface area contributed by atoms with E-state index in [1.165, 1.54) is 12.6 Å². The number of pyridine rings is 1. The molecule has 0 aliphatic carbocycles. The fourth-order valence-corrected chi connectivity index (χ4v) is 2.66. The summed E-state index contributed by atoms with van der Waals surface area (Å²) >= 11 is 3.31. The average Bonchev–Trinajstić information content (AvgIpc) is 2.57. The van der Waals surface area contributed by atoms with Crippen LogP contribution in [0.1, 0.15) is 29.8 Å². The molecule has 2 aromatic heterocycles. The molecular formula is C15H15BrN4O2. The molecule has 1 aliphatic heterocycles. The second-order valence-electron chi connectivity index (χ2n) is 4.99. The number of hydrogen-bond acceptors (Lipinski definition) is 6. The van der Waals surface area contributed by atoms with Gasteiger partial charge in [0.2, 0.25) is 5.95 Å². The fraction of sp³-hybridized carbons (Fsp3) is 0.333. The van der Waals surface area contributed by atoms with Gasteiger partial charge >= 0.3 is 5.97 Å². The van der Waals surface area contributed by atoms with Gasteiger partial charge in [-0.15, -0.1) is 0 Å². The molecule has 0 atom stereocenters. The zero-order valence-corrected chi connectivity index (χ0v) is 13.5. The van der Waals surface area contributed by atoms with E-state index in [-0.39, 0.29) is 5.69 Å². The van der Waals surface area contributed by atoms with Gasteiger partial charge in [-0.1, -0.05) is 0 Å². The Morgan fingerprint density at radius 2 is 2.05 bits per heavy atom. The van der Waals surface area contributed by atoms with Crippen LogP contribution in [0.3, 0.4) is 0 Å². The molecule has 0 spiro atoms. The first-order valence-electron chi connectivity index (χ1n) is 7.14. The van der Waals surface area contributed by atoms with E-state index < -0.39 is 5.97 Å². The molecule has 1 saturated heterocycles. The molecule has 114 valence electrons. The molecule has 0 aromatic carbocycles. The van der Waals surface area contributed by atoms with Crippen LogP contribution in [0.4, 0.5) is 5.95 Å². The van der Waals surface area contributed by atoms with Gasteiger partial charge in [0.05, 0.1) is 10.7 Å². The van der Waals surface area contributed by atoms with Crippen molar-refractivity contribution in [2.75, 3.05) is 18.0 Å². The van der Waals surface area contributed by atoms with Crippen LogP contribution < -0.4 is 9.64 Å². The van der Waals surface area contributed by atoms with Crippen molar-refractivity contribution in [2.24, 2.45) is 0 Å². The van der Waals surface area contributed by atoms with E-state index in [1.807, 2.05) is 0 Å². The summed E-state index contributed by atoms with van der Waals surface area (Å²) in [4.78, 5) is 27.0. The van der Waals surface area contributed by atoms with Gasteiger partial charge in [-0.2, -0.15) is 0 Å². The number of ether oxygens (including phenoxy) is 1. The third kappa shape index (κ3) is 3.41. The monoisotopic (exact) mass is 362 g/mol. The van der Waals surface area contributed by atoms with Crippen molar-refractivity contribution < 1.29 is 9.53 Å². The minimum atomic E-state index is -0.527. The van der Waals surface area contributed by atoms with Gasteiger partial charge in [0, 0.05) is 25.5 Å². The highest BCUT2D eigenvalue weighted by molar-refractivity contribution is 9.10. The summed E-state index contributed by atoms with van der Waals surface area (Å²) in [6.45, 7) is 1.83. The Hall–Kier alpha value is -2.02. The topological polar surface area (TPSA) is 68.2 Å². The number of nitrogens with zero attached hydrogens (tertiary/aromatic N) is 4. The number of aromatic nitrogens is 3. The first-order valence-corrected chi connectivity index (χ1v) is 7.93. The Bertz CT molecular complexity index is 660. The maximum Gasteiger partial charge on any atom is 0.363 e. The lowest BCUT2D eigenvalue weighted by Crippen LogP contribution is -2.31. The van der Waals surface area contributed by atoms with E-state index in [4.69, 9.17) is 4.74 Å². The largest absolute Gasteiger partial charge is 0.420 e. The number of carbonyl (C=O) groups is 1. The van der Waals surface area contributed by atoms with Crippen LogP contribution >= 0.6 is 15.9 Å². The lowest BCUT2D eigenvalue weighted by atomic mass is 10.1. The highest BCUT2D eigenvalue weighted by Crippen LogP contribution is 2.21. The minimum Gasteiger partial charge on any atom is -0.420 e. The van der Waals surface area contributed by atoms with E-state index in [9.17, 15) is 4.79 Å². The average molecular weight is 363 g/mol. The molecular weight excluding hydrogens is 348 g/mol. The van der Waals surface area contributed by atoms with E-state index in [1.54, 1.807) is 24.5 Å². The third-order valence-electron chi connectivity index (χ3n) is 3.41. The van der Waals surface area contributed by atoms with Gasteiger partial charge in [0.15, 0.2) is 5.69 Å². The zero-order valence-electron chi connectivity index (χ0n) is 11.9. The number of carbonyl (C=O) groups excluding carboxylic acids is 1. The summed E-state index contributed by atoms with van der Waals surface area (Å²) < 4.78 is 5.80. The van der Waals surface area contributed by atoms with Crippen molar-refractivity contribution in [2.45, 2.75) is 19.3 Å². The number of piperidine rings is 1. The molecule has 2 aromatic rings. The fourth-order valence-electron chi connectivity index (χ4n) is 2.31. The molecule has 1 aliphatic rings. The van der Waals surface area contributed by atoms with Gasteiger partial charge in [-0.25, -0.2) is 14.8 Å². The van der Waals surface area contributed by atoms with Gasteiger partial charge in [-0.3, -0.25) is 4.98 Å². The first-order chi connectivity index (χ1) is 10.7. The molecule has 22 heavy (non-hydrogen) atoms. The van der Waals surface area contributed by atoms with Crippen LogP contribution in [-0.2, 0) is 0 Å². The van der Waals surface area contributed by atoms with Gasteiger partial charge in [0.25, 0.3) is 0 Å². The number of esters is 1. The van der Waals surface area contributed by atoms with Crippen molar-refractivity contribution in [1.82, 2.24) is 15.0 Å². The third-order valence-corrected chi connectivity index (χ3v) is 3.99. The second-order valence-corrected chi connectivity index (χ2v) is 5.85. The molecule has 0 amide bonds. The lowest BCUT2D eigenvalue weighted by molar-refractivity contribution is 0.0726. The van der Waals surface area contributed by atoms with Gasteiger partial charge < -0.3 is 9.64 Å². The number of anilines is 1. The zero-order chi connectivity index (χ0) is 15.4. The summed E-state index contributed by atoms with van der Waals surface area (Å²) in [5, 5.41) is 0. The molecule has 0 bridgehead atoms. The van der Waals surface area contributed by atoms with Crippen molar-refractivity contribution in [1.29, 1.82) is 0 Å². The molecule has 0 unspecified atom stereocenters. The van der Waals surface area contributed by atoms with E-state index in [0.29, 0.717) is 16.2 Å². The molecule has 0 N–H and O–H groups in total. The Morgan fingerprint density at radius 3 is 2.77 bits per heavy atom. The summed E-state index contributed by atoms with van der Waals surface area (Å²) in [5.41, 5.74) is 0.222. The van der Waals surface area contributed by atoms with Crippen molar-refractivity contribution in [3.63, 3.8) is 0 Å². The summed E-state index contributed by atoms with van der Waals surface area (Å²) in [7, 11) is 0. The highest BCUT2D eigenvalue weighted by atomic mass is 79.9.